The second kappa shape index (κ2) is 9.30. The fourth-order valence-electron chi connectivity index (χ4n) is 2.30. The van der Waals surface area contributed by atoms with Crippen molar-refractivity contribution in [2.45, 2.75) is 6.54 Å². The molecule has 24 heavy (non-hydrogen) atoms. The Balaban J connectivity index is 0.00000144. The molecule has 0 amide bonds. The van der Waals surface area contributed by atoms with Gasteiger partial charge < -0.3 is 39.1 Å². The molecule has 2 heterocycles. The Kier molecular flexibility index (Phi) is 7.74. The molecule has 0 atom stereocenters. The Morgan fingerprint density at radius 1 is 0.875 bits per heavy atom. The Hall–Kier alpha value is -2.05. The molecule has 0 aliphatic rings. The fourth-order valence-corrected chi connectivity index (χ4v) is 2.30. The molecule has 2 aromatic heterocycles. The van der Waals surface area contributed by atoms with Crippen LogP contribution in [0.5, 0.6) is 0 Å². The van der Waals surface area contributed by atoms with Gasteiger partial charge in [-0.1, -0.05) is 12.1 Å². The predicted octanol–water partition coefficient (Wildman–Crippen LogP) is -3.79. The zero-order valence-corrected chi connectivity index (χ0v) is 15.9. The van der Waals surface area contributed by atoms with Crippen molar-refractivity contribution in [1.29, 1.82) is 0 Å². The lowest BCUT2D eigenvalue weighted by molar-refractivity contribution is -0.688. The fraction of sp³-hybridized carbons (Fsp3) is 0.0556. The van der Waals surface area contributed by atoms with Crippen LogP contribution in [0.4, 0.5) is 0 Å². The van der Waals surface area contributed by atoms with Gasteiger partial charge in [-0.15, -0.1) is 0 Å². The number of benzene rings is 1. The number of hydrogen-bond acceptors (Lipinski definition) is 1. The van der Waals surface area contributed by atoms with E-state index in [1.54, 1.807) is 12.1 Å². The van der Waals surface area contributed by atoms with E-state index in [2.05, 4.69) is 21.7 Å². The van der Waals surface area contributed by atoms with Crippen LogP contribution in [0.2, 0.25) is 0 Å². The summed E-state index contributed by atoms with van der Waals surface area (Å²) in [6.45, 7) is 0.711. The van der Waals surface area contributed by atoms with Crippen molar-refractivity contribution < 1.29 is 53.4 Å². The van der Waals surface area contributed by atoms with Gasteiger partial charge in [-0.05, 0) is 23.3 Å². The van der Waals surface area contributed by atoms with Gasteiger partial charge in [-0.3, -0.25) is 0 Å². The summed E-state index contributed by atoms with van der Waals surface area (Å²) in [5.74, 6) is -0.899. The second-order valence-corrected chi connectivity index (χ2v) is 5.05. The molecule has 0 aliphatic carbocycles. The van der Waals surface area contributed by atoms with Gasteiger partial charge in [-0.25, -0.2) is 14.3 Å². The maximum absolute atomic E-state index is 10.8. The molecule has 6 heteroatoms. The summed E-state index contributed by atoms with van der Waals surface area (Å²) >= 11 is 0. The molecule has 124 valence electrons. The summed E-state index contributed by atoms with van der Waals surface area (Å²) in [5, 5.41) is 8.90. The van der Waals surface area contributed by atoms with Gasteiger partial charge in [0.2, 0.25) is 0 Å². The van der Waals surface area contributed by atoms with Crippen molar-refractivity contribution in [2.24, 2.45) is 0 Å². The maximum Gasteiger partial charge on any atom is 0.335 e. The third kappa shape index (κ3) is 4.97. The van der Waals surface area contributed by atoms with Crippen LogP contribution in [0.25, 0.3) is 11.1 Å². The van der Waals surface area contributed by atoms with E-state index in [-0.39, 0.29) is 34.0 Å². The minimum Gasteiger partial charge on any atom is -1.00 e. The summed E-state index contributed by atoms with van der Waals surface area (Å²) in [6.07, 6.45) is 7.86. The molecule has 0 spiro atoms. The number of H-pyrrole nitrogens is 1. The van der Waals surface area contributed by atoms with Gasteiger partial charge in [0.25, 0.3) is 0 Å². The predicted molar refractivity (Wildman–Crippen MR) is 81.1 cm³/mol. The SMILES string of the molecule is O=C(O)c1ccc(C[n+]2ccc(-c3cc[nH+]cc3)cc2)cc1.[Br-].[Br-]. The van der Waals surface area contributed by atoms with E-state index >= 15 is 0 Å². The Bertz CT molecular complexity index is 776. The van der Waals surface area contributed by atoms with Crippen LogP contribution in [-0.2, 0) is 6.54 Å². The summed E-state index contributed by atoms with van der Waals surface area (Å²) in [7, 11) is 0. The molecule has 0 saturated heterocycles. The van der Waals surface area contributed by atoms with Gasteiger partial charge in [0.1, 0.15) is 0 Å². The molecule has 1 aromatic carbocycles. The third-order valence-electron chi connectivity index (χ3n) is 3.51. The van der Waals surface area contributed by atoms with Gasteiger partial charge >= 0.3 is 5.97 Å². The number of halogens is 2. The van der Waals surface area contributed by atoms with E-state index in [4.69, 9.17) is 5.11 Å². The number of nitrogens with one attached hydrogen (secondary N) is 1. The highest BCUT2D eigenvalue weighted by Crippen LogP contribution is 2.15. The molecule has 0 radical (unpaired) electrons. The summed E-state index contributed by atoms with van der Waals surface area (Å²) in [5.41, 5.74) is 3.70. The van der Waals surface area contributed by atoms with Crippen molar-refractivity contribution in [3.63, 3.8) is 0 Å². The topological polar surface area (TPSA) is 55.3 Å². The van der Waals surface area contributed by atoms with E-state index in [1.807, 2.05) is 49.1 Å². The van der Waals surface area contributed by atoms with E-state index in [1.165, 1.54) is 0 Å². The smallest absolute Gasteiger partial charge is 0.335 e. The van der Waals surface area contributed by atoms with Crippen LogP contribution in [-0.4, -0.2) is 11.1 Å². The third-order valence-corrected chi connectivity index (χ3v) is 3.51. The molecule has 0 fully saturated rings. The van der Waals surface area contributed by atoms with Crippen molar-refractivity contribution >= 4 is 5.97 Å². The largest absolute Gasteiger partial charge is 1.00 e. The molecular formula is C18H16Br2N2O2. The normalized spacial score (nSPS) is 9.50. The summed E-state index contributed by atoms with van der Waals surface area (Å²) in [6, 6.07) is 15.2. The highest BCUT2D eigenvalue weighted by molar-refractivity contribution is 5.87. The lowest BCUT2D eigenvalue weighted by Gasteiger charge is -2.01. The number of rotatable bonds is 4. The minimum atomic E-state index is -0.899. The molecule has 3 rings (SSSR count). The number of aromatic nitrogens is 2. The lowest BCUT2D eigenvalue weighted by Crippen LogP contribution is -3.00. The second-order valence-electron chi connectivity index (χ2n) is 5.05. The Morgan fingerprint density at radius 2 is 1.42 bits per heavy atom. The molecule has 0 aliphatic heterocycles. The van der Waals surface area contributed by atoms with Crippen LogP contribution in [0, 0.1) is 0 Å². The first kappa shape index (κ1) is 20.0. The molecule has 0 unspecified atom stereocenters. The first-order chi connectivity index (χ1) is 10.7. The minimum absolute atomic E-state index is 0. The highest BCUT2D eigenvalue weighted by atomic mass is 79.9. The zero-order valence-electron chi connectivity index (χ0n) is 12.7. The van der Waals surface area contributed by atoms with Crippen molar-refractivity contribution in [3.8, 4) is 11.1 Å². The number of pyridine rings is 2. The van der Waals surface area contributed by atoms with Crippen LogP contribution in [0.3, 0.4) is 0 Å². The standard InChI is InChI=1S/C18H14N2O2.2BrH/c21-18(22)17-3-1-14(2-4-17)13-20-11-7-16(8-12-20)15-5-9-19-10-6-15;;/h1-12H,13H2;2*1H. The number of aromatic amines is 1. The van der Waals surface area contributed by atoms with E-state index in [9.17, 15) is 4.79 Å². The summed E-state index contributed by atoms with van der Waals surface area (Å²) < 4.78 is 2.06. The maximum atomic E-state index is 10.8. The number of aromatic carboxylic acids is 1. The van der Waals surface area contributed by atoms with Gasteiger partial charge in [-0.2, -0.15) is 0 Å². The van der Waals surface area contributed by atoms with E-state index in [0.29, 0.717) is 12.1 Å². The van der Waals surface area contributed by atoms with Crippen molar-refractivity contribution in [1.82, 2.24) is 0 Å². The van der Waals surface area contributed by atoms with Gasteiger partial charge in [0.15, 0.2) is 31.3 Å². The van der Waals surface area contributed by atoms with Gasteiger partial charge in [0.05, 0.1) is 5.56 Å². The molecule has 2 N–H and O–H groups in total. The molecule has 4 nitrogen and oxygen atoms in total. The molecule has 3 aromatic rings. The first-order valence-corrected chi connectivity index (χ1v) is 7.00. The molecule has 0 bridgehead atoms. The number of carbonyl (C=O) groups is 1. The average molecular weight is 452 g/mol. The van der Waals surface area contributed by atoms with Crippen molar-refractivity contribution in [2.75, 3.05) is 0 Å². The Labute approximate surface area is 161 Å². The monoisotopic (exact) mass is 450 g/mol. The van der Waals surface area contributed by atoms with Crippen LogP contribution in [0.15, 0.2) is 73.3 Å². The molecular weight excluding hydrogens is 436 g/mol. The first-order valence-electron chi connectivity index (χ1n) is 7.00. The van der Waals surface area contributed by atoms with Gasteiger partial charge in [0, 0.05) is 29.8 Å². The van der Waals surface area contributed by atoms with E-state index in [0.717, 1.165) is 16.7 Å². The van der Waals surface area contributed by atoms with Crippen molar-refractivity contribution in [3.05, 3.63) is 84.4 Å². The van der Waals surface area contributed by atoms with E-state index < -0.39 is 5.97 Å². The summed E-state index contributed by atoms with van der Waals surface area (Å²) in [4.78, 5) is 13.8. The average Bonchev–Trinajstić information content (AvgIpc) is 2.57. The number of carboxylic acids is 1. The molecule has 0 saturated carbocycles. The quantitative estimate of drug-likeness (QED) is 0.414. The number of hydrogen-bond donors (Lipinski definition) is 1. The lowest BCUT2D eigenvalue weighted by atomic mass is 10.1. The Morgan fingerprint density at radius 3 is 1.96 bits per heavy atom. The van der Waals surface area contributed by atoms with Crippen LogP contribution >= 0.6 is 0 Å². The zero-order chi connectivity index (χ0) is 15.4. The number of nitrogens with zero attached hydrogens (tertiary/aromatic N) is 1. The van der Waals surface area contributed by atoms with Crippen LogP contribution < -0.4 is 43.5 Å². The highest BCUT2D eigenvalue weighted by Gasteiger charge is 2.06. The van der Waals surface area contributed by atoms with Crippen LogP contribution in [0.1, 0.15) is 15.9 Å². The number of carboxylic acid groups (broad SMARTS) is 1.